The summed E-state index contributed by atoms with van der Waals surface area (Å²) in [5.41, 5.74) is 1.08. The van der Waals surface area contributed by atoms with Gasteiger partial charge in [-0.15, -0.1) is 11.3 Å². The highest BCUT2D eigenvalue weighted by atomic mass is 32.1. The molecule has 0 bridgehead atoms. The first-order valence-corrected chi connectivity index (χ1v) is 6.54. The van der Waals surface area contributed by atoms with E-state index in [4.69, 9.17) is 0 Å². The monoisotopic (exact) mass is 224 g/mol. The van der Waals surface area contributed by atoms with Crippen LogP contribution in [-0.4, -0.2) is 16.6 Å². The minimum Gasteiger partial charge on any atom is -0.386 e. The van der Waals surface area contributed by atoms with Crippen LogP contribution in [0.15, 0.2) is 0 Å². The Morgan fingerprint density at radius 2 is 2.13 bits per heavy atom. The smallest absolute Gasteiger partial charge is 0.102 e. The maximum Gasteiger partial charge on any atom is 0.102 e. The lowest BCUT2D eigenvalue weighted by Gasteiger charge is -2.16. The van der Waals surface area contributed by atoms with E-state index in [1.54, 1.807) is 11.3 Å². The van der Waals surface area contributed by atoms with Crippen molar-refractivity contribution in [2.45, 2.75) is 44.2 Å². The predicted octanol–water partition coefficient (Wildman–Crippen LogP) is 1.94. The molecule has 1 unspecified atom stereocenters. The van der Waals surface area contributed by atoms with Crippen molar-refractivity contribution in [1.29, 1.82) is 0 Å². The van der Waals surface area contributed by atoms with Crippen LogP contribution >= 0.6 is 11.3 Å². The first-order valence-electron chi connectivity index (χ1n) is 5.73. The molecule has 2 heterocycles. The van der Waals surface area contributed by atoms with E-state index in [0.717, 1.165) is 17.1 Å². The molecule has 0 spiro atoms. The Labute approximate surface area is 93.5 Å². The highest BCUT2D eigenvalue weighted by Gasteiger charge is 2.26. The van der Waals surface area contributed by atoms with Crippen LogP contribution in [0.4, 0.5) is 0 Å². The fourth-order valence-electron chi connectivity index (χ4n) is 2.54. The lowest BCUT2D eigenvalue weighted by molar-refractivity contribution is 0.168. The topological polar surface area (TPSA) is 45.1 Å². The van der Waals surface area contributed by atoms with Gasteiger partial charge in [-0.1, -0.05) is 12.8 Å². The zero-order chi connectivity index (χ0) is 10.3. The van der Waals surface area contributed by atoms with Gasteiger partial charge >= 0.3 is 0 Å². The van der Waals surface area contributed by atoms with Gasteiger partial charge in [0.25, 0.3) is 0 Å². The van der Waals surface area contributed by atoms with Crippen LogP contribution in [0.2, 0.25) is 0 Å². The molecule has 0 saturated heterocycles. The van der Waals surface area contributed by atoms with Crippen molar-refractivity contribution in [3.8, 4) is 0 Å². The normalized spacial score (nSPS) is 26.9. The van der Waals surface area contributed by atoms with Crippen molar-refractivity contribution in [3.63, 3.8) is 0 Å². The second-order valence-corrected chi connectivity index (χ2v) is 5.55. The highest BCUT2D eigenvalue weighted by molar-refractivity contribution is 7.11. The van der Waals surface area contributed by atoms with Gasteiger partial charge in [-0.25, -0.2) is 4.98 Å². The number of fused-ring (bicyclic) bond motifs is 1. The van der Waals surface area contributed by atoms with Gasteiger partial charge in [-0.05, 0) is 12.8 Å². The maximum absolute atomic E-state index is 9.83. The molecule has 2 N–H and O–H groups in total. The average molecular weight is 224 g/mol. The number of aliphatic hydroxyl groups is 1. The molecule has 15 heavy (non-hydrogen) atoms. The summed E-state index contributed by atoms with van der Waals surface area (Å²) in [6, 6.07) is 0. The van der Waals surface area contributed by atoms with E-state index in [-0.39, 0.29) is 6.10 Å². The fourth-order valence-corrected chi connectivity index (χ4v) is 3.78. The fraction of sp³-hybridized carbons (Fsp3) is 0.727. The molecule has 1 aromatic rings. The van der Waals surface area contributed by atoms with Crippen LogP contribution in [0.3, 0.4) is 0 Å². The highest BCUT2D eigenvalue weighted by Crippen LogP contribution is 2.39. The van der Waals surface area contributed by atoms with Crippen molar-refractivity contribution in [2.75, 3.05) is 6.54 Å². The van der Waals surface area contributed by atoms with Gasteiger partial charge in [0.05, 0.1) is 15.6 Å². The number of nitrogens with zero attached hydrogens (tertiary/aromatic N) is 1. The third-order valence-electron chi connectivity index (χ3n) is 3.38. The van der Waals surface area contributed by atoms with Crippen molar-refractivity contribution in [1.82, 2.24) is 10.3 Å². The van der Waals surface area contributed by atoms with Gasteiger partial charge in [0, 0.05) is 19.0 Å². The predicted molar refractivity (Wildman–Crippen MR) is 60.0 cm³/mol. The largest absolute Gasteiger partial charge is 0.386 e. The van der Waals surface area contributed by atoms with Gasteiger partial charge in [0.1, 0.15) is 6.10 Å². The van der Waals surface area contributed by atoms with Crippen LogP contribution in [0.5, 0.6) is 0 Å². The molecule has 1 aliphatic heterocycles. The van der Waals surface area contributed by atoms with Gasteiger partial charge in [0.15, 0.2) is 0 Å². The Morgan fingerprint density at radius 1 is 1.33 bits per heavy atom. The summed E-state index contributed by atoms with van der Waals surface area (Å²) in [6.07, 6.45) is 4.93. The third-order valence-corrected chi connectivity index (χ3v) is 4.74. The molecule has 4 heteroatoms. The van der Waals surface area contributed by atoms with E-state index in [1.807, 2.05) is 0 Å². The van der Waals surface area contributed by atoms with Gasteiger partial charge in [0.2, 0.25) is 0 Å². The molecular formula is C11H16N2OS. The molecule has 0 aromatic carbocycles. The second kappa shape index (κ2) is 3.85. The quantitative estimate of drug-likeness (QED) is 0.766. The van der Waals surface area contributed by atoms with Crippen molar-refractivity contribution < 1.29 is 5.11 Å². The maximum atomic E-state index is 9.83. The SMILES string of the molecule is OC1CNCc2nc(C3CCCC3)sc21. The molecular weight excluding hydrogens is 208 g/mol. The summed E-state index contributed by atoms with van der Waals surface area (Å²) in [7, 11) is 0. The van der Waals surface area contributed by atoms with Crippen LogP contribution in [0, 0.1) is 0 Å². The summed E-state index contributed by atoms with van der Waals surface area (Å²) in [4.78, 5) is 5.79. The Bertz CT molecular complexity index is 357. The summed E-state index contributed by atoms with van der Waals surface area (Å²) in [6.45, 7) is 1.51. The van der Waals surface area contributed by atoms with Crippen LogP contribution < -0.4 is 5.32 Å². The Morgan fingerprint density at radius 3 is 2.87 bits per heavy atom. The minimum atomic E-state index is -0.332. The molecule has 1 saturated carbocycles. The molecule has 1 aromatic heterocycles. The van der Waals surface area contributed by atoms with Crippen molar-refractivity contribution in [2.24, 2.45) is 0 Å². The number of nitrogens with one attached hydrogen (secondary N) is 1. The van der Waals surface area contributed by atoms with E-state index < -0.39 is 0 Å². The standard InChI is InChI=1S/C11H16N2OS/c14-9-6-12-5-8-10(9)15-11(13-8)7-3-1-2-4-7/h7,9,12,14H,1-6H2. The molecule has 1 atom stereocenters. The summed E-state index contributed by atoms with van der Waals surface area (Å²) >= 11 is 1.74. The van der Waals surface area contributed by atoms with E-state index in [9.17, 15) is 5.11 Å². The number of β-amino-alcohol motifs (C(OH)–C–C–N with tert-alkyl or cyclic N) is 1. The Hall–Kier alpha value is -0.450. The number of aromatic nitrogens is 1. The molecule has 82 valence electrons. The molecule has 1 fully saturated rings. The molecule has 3 rings (SSSR count). The molecule has 0 amide bonds. The molecule has 2 aliphatic rings. The number of aliphatic hydroxyl groups excluding tert-OH is 1. The molecule has 0 radical (unpaired) electrons. The summed E-state index contributed by atoms with van der Waals surface area (Å²) < 4.78 is 0. The zero-order valence-electron chi connectivity index (χ0n) is 8.70. The summed E-state index contributed by atoms with van der Waals surface area (Å²) in [5, 5.41) is 14.3. The number of rotatable bonds is 1. The number of hydrogen-bond acceptors (Lipinski definition) is 4. The van der Waals surface area contributed by atoms with Crippen molar-refractivity contribution >= 4 is 11.3 Å². The Balaban J connectivity index is 1.90. The molecule has 1 aliphatic carbocycles. The first kappa shape index (κ1) is 9.75. The summed E-state index contributed by atoms with van der Waals surface area (Å²) in [5.74, 6) is 0.674. The second-order valence-electron chi connectivity index (χ2n) is 4.49. The van der Waals surface area contributed by atoms with Gasteiger partial charge in [-0.2, -0.15) is 0 Å². The van der Waals surface area contributed by atoms with Crippen molar-refractivity contribution in [3.05, 3.63) is 15.6 Å². The van der Waals surface area contributed by atoms with E-state index in [0.29, 0.717) is 12.5 Å². The lowest BCUT2D eigenvalue weighted by Crippen LogP contribution is -2.26. The average Bonchev–Trinajstić information content (AvgIpc) is 2.86. The van der Waals surface area contributed by atoms with E-state index >= 15 is 0 Å². The van der Waals surface area contributed by atoms with E-state index in [1.165, 1.54) is 30.7 Å². The number of hydrogen-bond donors (Lipinski definition) is 2. The van der Waals surface area contributed by atoms with E-state index in [2.05, 4.69) is 10.3 Å². The van der Waals surface area contributed by atoms with Crippen LogP contribution in [-0.2, 0) is 6.54 Å². The van der Waals surface area contributed by atoms with Crippen LogP contribution in [0.1, 0.15) is 53.3 Å². The Kier molecular flexibility index (Phi) is 2.50. The molecule has 3 nitrogen and oxygen atoms in total. The minimum absolute atomic E-state index is 0.332. The zero-order valence-corrected chi connectivity index (χ0v) is 9.52. The third kappa shape index (κ3) is 1.71. The van der Waals surface area contributed by atoms with Gasteiger partial charge in [-0.3, -0.25) is 0 Å². The van der Waals surface area contributed by atoms with Gasteiger partial charge < -0.3 is 10.4 Å². The van der Waals surface area contributed by atoms with Crippen LogP contribution in [0.25, 0.3) is 0 Å². The first-order chi connectivity index (χ1) is 7.34. The lowest BCUT2D eigenvalue weighted by atomic mass is 10.1. The number of thiazole rings is 1.